The minimum Gasteiger partial charge on any atom is -0.487 e. The van der Waals surface area contributed by atoms with Gasteiger partial charge in [0.05, 0.1) is 0 Å². The average Bonchev–Trinajstić information content (AvgIpc) is 2.57. The molecule has 2 unspecified atom stereocenters. The summed E-state index contributed by atoms with van der Waals surface area (Å²) in [6, 6.07) is 7.09. The van der Waals surface area contributed by atoms with Crippen molar-refractivity contribution in [1.29, 1.82) is 0 Å². The highest BCUT2D eigenvalue weighted by molar-refractivity contribution is 5.46. The second kappa shape index (κ2) is 7.41. The summed E-state index contributed by atoms with van der Waals surface area (Å²) in [7, 11) is 0. The van der Waals surface area contributed by atoms with Crippen molar-refractivity contribution in [2.75, 3.05) is 0 Å². The van der Waals surface area contributed by atoms with E-state index in [1.165, 1.54) is 55.2 Å². The van der Waals surface area contributed by atoms with Gasteiger partial charge in [0.15, 0.2) is 0 Å². The van der Waals surface area contributed by atoms with Crippen LogP contribution in [0.2, 0.25) is 0 Å². The molecule has 1 heterocycles. The maximum absolute atomic E-state index is 6.57. The van der Waals surface area contributed by atoms with Crippen molar-refractivity contribution in [3.63, 3.8) is 0 Å². The summed E-state index contributed by atoms with van der Waals surface area (Å²) in [5.74, 6) is 2.32. The van der Waals surface area contributed by atoms with Crippen molar-refractivity contribution in [1.82, 2.24) is 0 Å². The summed E-state index contributed by atoms with van der Waals surface area (Å²) in [5.41, 5.74) is 4.39. The van der Waals surface area contributed by atoms with Gasteiger partial charge in [0, 0.05) is 5.92 Å². The Labute approximate surface area is 161 Å². The lowest BCUT2D eigenvalue weighted by Gasteiger charge is -2.48. The molecule has 1 heteroatoms. The monoisotopic (exact) mass is 354 g/mol. The van der Waals surface area contributed by atoms with E-state index in [0.717, 1.165) is 18.6 Å². The van der Waals surface area contributed by atoms with Gasteiger partial charge in [-0.05, 0) is 68.1 Å². The van der Waals surface area contributed by atoms with Gasteiger partial charge in [0.25, 0.3) is 0 Å². The minimum absolute atomic E-state index is 0.0811. The van der Waals surface area contributed by atoms with Crippen LogP contribution in [0.3, 0.4) is 0 Å². The van der Waals surface area contributed by atoms with E-state index in [-0.39, 0.29) is 11.0 Å². The van der Waals surface area contributed by atoms with Crippen LogP contribution in [0.4, 0.5) is 0 Å². The molecule has 1 nitrogen and oxygen atoms in total. The first-order valence-electron chi connectivity index (χ1n) is 10.7. The first-order valence-corrected chi connectivity index (χ1v) is 10.7. The molecule has 1 fully saturated rings. The Hall–Kier alpha value is -1.24. The number of fused-ring (bicyclic) bond motifs is 3. The van der Waals surface area contributed by atoms with Crippen LogP contribution in [-0.4, -0.2) is 5.60 Å². The molecule has 1 aliphatic carbocycles. The van der Waals surface area contributed by atoms with Gasteiger partial charge >= 0.3 is 0 Å². The highest BCUT2D eigenvalue weighted by atomic mass is 16.5. The lowest BCUT2D eigenvalue weighted by atomic mass is 9.65. The first kappa shape index (κ1) is 19.5. The highest BCUT2D eigenvalue weighted by Crippen LogP contribution is 2.53. The molecule has 0 spiro atoms. The Morgan fingerprint density at radius 2 is 1.96 bits per heavy atom. The minimum atomic E-state index is -0.0811. The molecule has 1 aliphatic heterocycles. The molecule has 1 aromatic rings. The van der Waals surface area contributed by atoms with Crippen LogP contribution in [0, 0.1) is 5.92 Å². The van der Waals surface area contributed by atoms with Crippen LogP contribution < -0.4 is 4.74 Å². The molecule has 0 N–H and O–H groups in total. The van der Waals surface area contributed by atoms with E-state index in [4.69, 9.17) is 4.74 Å². The molecule has 2 aliphatic rings. The molecule has 144 valence electrons. The SMILES string of the molecule is C=C1CCC2C(C1)c1ccc(C(C)(C)CCCCCC)cc1OC2(C)C. The van der Waals surface area contributed by atoms with Crippen molar-refractivity contribution in [3.8, 4) is 5.75 Å². The van der Waals surface area contributed by atoms with Crippen LogP contribution >= 0.6 is 0 Å². The fourth-order valence-corrected chi connectivity index (χ4v) is 5.12. The predicted octanol–water partition coefficient (Wildman–Crippen LogP) is 7.55. The Morgan fingerprint density at radius 3 is 2.69 bits per heavy atom. The van der Waals surface area contributed by atoms with Crippen LogP contribution in [0.5, 0.6) is 5.75 Å². The molecular formula is C25H38O. The Morgan fingerprint density at radius 1 is 1.19 bits per heavy atom. The Kier molecular flexibility index (Phi) is 5.56. The summed E-state index contributed by atoms with van der Waals surface area (Å²) >= 11 is 0. The van der Waals surface area contributed by atoms with Gasteiger partial charge in [0.2, 0.25) is 0 Å². The molecule has 26 heavy (non-hydrogen) atoms. The number of ether oxygens (including phenoxy) is 1. The van der Waals surface area contributed by atoms with E-state index in [9.17, 15) is 0 Å². The van der Waals surface area contributed by atoms with Crippen molar-refractivity contribution in [3.05, 3.63) is 41.5 Å². The Bertz CT molecular complexity index is 652. The number of hydrogen-bond donors (Lipinski definition) is 0. The molecule has 0 amide bonds. The number of hydrogen-bond acceptors (Lipinski definition) is 1. The first-order chi connectivity index (χ1) is 12.2. The quantitative estimate of drug-likeness (QED) is 0.378. The van der Waals surface area contributed by atoms with E-state index in [2.05, 4.69) is 59.4 Å². The van der Waals surface area contributed by atoms with Gasteiger partial charge in [-0.3, -0.25) is 0 Å². The van der Waals surface area contributed by atoms with Crippen LogP contribution in [-0.2, 0) is 5.41 Å². The number of unbranched alkanes of at least 4 members (excludes halogenated alkanes) is 3. The summed E-state index contributed by atoms with van der Waals surface area (Å²) in [4.78, 5) is 0. The Balaban J connectivity index is 1.85. The zero-order valence-electron chi connectivity index (χ0n) is 17.7. The average molecular weight is 355 g/mol. The number of rotatable bonds is 6. The molecule has 0 aromatic heterocycles. The third-order valence-electron chi connectivity index (χ3n) is 6.92. The van der Waals surface area contributed by atoms with E-state index in [1.54, 1.807) is 0 Å². The van der Waals surface area contributed by atoms with Crippen LogP contribution in [0.25, 0.3) is 0 Å². The largest absolute Gasteiger partial charge is 0.487 e. The zero-order chi connectivity index (χ0) is 18.9. The van der Waals surface area contributed by atoms with Gasteiger partial charge in [0.1, 0.15) is 11.4 Å². The summed E-state index contributed by atoms with van der Waals surface area (Å²) in [6.07, 6.45) is 10.1. The molecular weight excluding hydrogens is 316 g/mol. The fourth-order valence-electron chi connectivity index (χ4n) is 5.12. The smallest absolute Gasteiger partial charge is 0.123 e. The lowest BCUT2D eigenvalue weighted by molar-refractivity contribution is -0.0000246. The van der Waals surface area contributed by atoms with Gasteiger partial charge in [-0.15, -0.1) is 0 Å². The van der Waals surface area contributed by atoms with Crippen molar-refractivity contribution >= 4 is 0 Å². The zero-order valence-corrected chi connectivity index (χ0v) is 17.7. The highest BCUT2D eigenvalue weighted by Gasteiger charge is 2.45. The summed E-state index contributed by atoms with van der Waals surface area (Å²) in [6.45, 7) is 15.9. The van der Waals surface area contributed by atoms with E-state index >= 15 is 0 Å². The van der Waals surface area contributed by atoms with Crippen molar-refractivity contribution in [2.45, 2.75) is 103 Å². The van der Waals surface area contributed by atoms with Crippen LogP contribution in [0.1, 0.15) is 103 Å². The van der Waals surface area contributed by atoms with Gasteiger partial charge in [-0.2, -0.15) is 0 Å². The molecule has 2 atom stereocenters. The van der Waals surface area contributed by atoms with Crippen molar-refractivity contribution < 1.29 is 4.74 Å². The van der Waals surface area contributed by atoms with Crippen molar-refractivity contribution in [2.24, 2.45) is 5.92 Å². The van der Waals surface area contributed by atoms with Gasteiger partial charge in [-0.25, -0.2) is 0 Å². The summed E-state index contributed by atoms with van der Waals surface area (Å²) < 4.78 is 6.57. The number of allylic oxidation sites excluding steroid dienone is 1. The molecule has 3 rings (SSSR count). The maximum Gasteiger partial charge on any atom is 0.123 e. The van der Waals surface area contributed by atoms with Gasteiger partial charge in [-0.1, -0.05) is 70.7 Å². The fraction of sp³-hybridized carbons (Fsp3) is 0.680. The van der Waals surface area contributed by atoms with E-state index < -0.39 is 0 Å². The number of benzene rings is 1. The second-order valence-electron chi connectivity index (χ2n) is 9.86. The molecule has 0 radical (unpaired) electrons. The molecule has 0 saturated heterocycles. The standard InChI is InChI=1S/C25H38O/c1-7-8-9-10-15-24(3,4)19-12-13-20-21-16-18(2)11-14-22(21)25(5,6)26-23(20)17-19/h12-13,17,21-22H,2,7-11,14-16H2,1,3-6H3. The molecule has 1 saturated carbocycles. The third-order valence-corrected chi connectivity index (χ3v) is 6.92. The second-order valence-corrected chi connectivity index (χ2v) is 9.86. The summed E-state index contributed by atoms with van der Waals surface area (Å²) in [5, 5.41) is 0. The lowest BCUT2D eigenvalue weighted by Crippen LogP contribution is -2.46. The third kappa shape index (κ3) is 3.87. The van der Waals surface area contributed by atoms with E-state index in [1.807, 2.05) is 0 Å². The predicted molar refractivity (Wildman–Crippen MR) is 112 cm³/mol. The van der Waals surface area contributed by atoms with E-state index in [0.29, 0.717) is 11.8 Å². The topological polar surface area (TPSA) is 9.23 Å². The maximum atomic E-state index is 6.57. The molecule has 0 bridgehead atoms. The molecule has 1 aromatic carbocycles. The van der Waals surface area contributed by atoms with Crippen LogP contribution in [0.15, 0.2) is 30.4 Å². The normalized spacial score (nSPS) is 24.6. The van der Waals surface area contributed by atoms with Gasteiger partial charge < -0.3 is 4.74 Å².